The van der Waals surface area contributed by atoms with Crippen LogP contribution in [0, 0.1) is 5.92 Å². The molecule has 3 aromatic rings. The van der Waals surface area contributed by atoms with E-state index in [1.54, 1.807) is 32.0 Å². The Kier molecular flexibility index (Phi) is 8.63. The van der Waals surface area contributed by atoms with Crippen molar-refractivity contribution in [3.8, 4) is 22.6 Å². The Hall–Kier alpha value is -4.18. The lowest BCUT2D eigenvalue weighted by atomic mass is 9.98. The first-order valence-corrected chi connectivity index (χ1v) is 14.8. The summed E-state index contributed by atoms with van der Waals surface area (Å²) in [5, 5.41) is 12.1. The Morgan fingerprint density at radius 2 is 1.60 bits per heavy atom. The minimum Gasteiger partial charge on any atom is -0.497 e. The van der Waals surface area contributed by atoms with Crippen LogP contribution in [-0.4, -0.2) is 66.6 Å². The molecule has 2 N–H and O–H groups in total. The van der Waals surface area contributed by atoms with E-state index < -0.39 is 35.4 Å². The van der Waals surface area contributed by atoms with E-state index >= 15 is 0 Å². The van der Waals surface area contributed by atoms with Gasteiger partial charge in [0, 0.05) is 23.3 Å². The van der Waals surface area contributed by atoms with E-state index in [4.69, 9.17) is 14.2 Å². The number of alkyl carbamates (subject to hydrolysis) is 1. The zero-order valence-corrected chi connectivity index (χ0v) is 24.7. The first kappa shape index (κ1) is 29.3. The van der Waals surface area contributed by atoms with Gasteiger partial charge >= 0.3 is 12.1 Å². The number of amides is 2. The molecule has 1 aliphatic heterocycles. The van der Waals surface area contributed by atoms with Crippen molar-refractivity contribution in [2.24, 2.45) is 5.92 Å². The fourth-order valence-electron chi connectivity index (χ4n) is 5.67. The van der Waals surface area contributed by atoms with Crippen molar-refractivity contribution in [2.75, 3.05) is 26.6 Å². The van der Waals surface area contributed by atoms with Crippen molar-refractivity contribution in [2.45, 2.75) is 37.2 Å². The van der Waals surface area contributed by atoms with Crippen LogP contribution in [-0.2, 0) is 14.3 Å². The van der Waals surface area contributed by atoms with E-state index in [9.17, 15) is 19.5 Å². The van der Waals surface area contributed by atoms with Gasteiger partial charge in [-0.2, -0.15) is 0 Å². The Labute approximate surface area is 249 Å². The molecule has 9 nitrogen and oxygen atoms in total. The van der Waals surface area contributed by atoms with Crippen molar-refractivity contribution in [3.63, 3.8) is 0 Å². The molecule has 1 heterocycles. The molecule has 0 unspecified atom stereocenters. The molecule has 2 aliphatic rings. The standard InChI is InChI=1S/C32H34N2O7S/c1-18(2)28(33-32(38)41-16-25-22-11-7-5-9-20(22)21-10-6-8-12-23(21)25)29(35)34-26(31(36)37)17-42-30(34)24-14-13-19(39-3)15-27(24)40-4/h5-15,18,25-26,28,30H,16-17H2,1-4H3,(H,33,38)(H,36,37)/t26-,28-,30-/m0/s1. The number of carboxylic acid groups (broad SMARTS) is 1. The van der Waals surface area contributed by atoms with Gasteiger partial charge in [0.25, 0.3) is 0 Å². The third-order valence-corrected chi connectivity index (χ3v) is 9.10. The number of methoxy groups -OCH3 is 2. The number of carboxylic acids is 1. The normalized spacial score (nSPS) is 18.3. The number of carbonyl (C=O) groups excluding carboxylic acids is 2. The number of aliphatic carboxylic acids is 1. The van der Waals surface area contributed by atoms with Crippen molar-refractivity contribution in [1.82, 2.24) is 10.2 Å². The number of fused-ring (bicyclic) bond motifs is 3. The number of nitrogens with one attached hydrogen (secondary N) is 1. The summed E-state index contributed by atoms with van der Waals surface area (Å²) in [6, 6.07) is 19.2. The Morgan fingerprint density at radius 3 is 2.17 bits per heavy atom. The second kappa shape index (κ2) is 12.4. The molecule has 42 heavy (non-hydrogen) atoms. The molecule has 1 fully saturated rings. The molecule has 3 atom stereocenters. The van der Waals surface area contributed by atoms with E-state index in [1.807, 2.05) is 36.4 Å². The molecule has 0 spiro atoms. The van der Waals surface area contributed by atoms with Gasteiger partial charge < -0.3 is 29.5 Å². The summed E-state index contributed by atoms with van der Waals surface area (Å²) in [5.41, 5.74) is 5.03. The molecule has 10 heteroatoms. The summed E-state index contributed by atoms with van der Waals surface area (Å²) in [4.78, 5) is 40.8. The van der Waals surface area contributed by atoms with E-state index in [2.05, 4.69) is 17.4 Å². The van der Waals surface area contributed by atoms with Gasteiger partial charge in [-0.3, -0.25) is 4.79 Å². The van der Waals surface area contributed by atoms with Crippen LogP contribution in [0.15, 0.2) is 66.7 Å². The fourth-order valence-corrected chi connectivity index (χ4v) is 7.12. The predicted octanol–water partition coefficient (Wildman–Crippen LogP) is 5.29. The lowest BCUT2D eigenvalue weighted by Crippen LogP contribution is -2.54. The Morgan fingerprint density at radius 1 is 0.952 bits per heavy atom. The maximum Gasteiger partial charge on any atom is 0.407 e. The topological polar surface area (TPSA) is 114 Å². The van der Waals surface area contributed by atoms with Crippen LogP contribution in [0.4, 0.5) is 4.79 Å². The summed E-state index contributed by atoms with van der Waals surface area (Å²) in [5.74, 6) is -0.847. The van der Waals surface area contributed by atoms with Gasteiger partial charge in [0.2, 0.25) is 5.91 Å². The van der Waals surface area contributed by atoms with Crippen LogP contribution in [0.2, 0.25) is 0 Å². The van der Waals surface area contributed by atoms with Gasteiger partial charge in [-0.25, -0.2) is 9.59 Å². The first-order chi connectivity index (χ1) is 20.2. The number of benzene rings is 3. The highest BCUT2D eigenvalue weighted by molar-refractivity contribution is 7.99. The van der Waals surface area contributed by atoms with E-state index in [0.29, 0.717) is 17.1 Å². The number of rotatable bonds is 9. The molecule has 1 aliphatic carbocycles. The summed E-state index contributed by atoms with van der Waals surface area (Å²) < 4.78 is 16.6. The average molecular weight is 591 g/mol. The second-order valence-electron chi connectivity index (χ2n) is 10.6. The molecule has 0 radical (unpaired) electrons. The minimum atomic E-state index is -1.12. The fraction of sp³-hybridized carbons (Fsp3) is 0.344. The van der Waals surface area contributed by atoms with Gasteiger partial charge in [-0.05, 0) is 40.3 Å². The molecule has 5 rings (SSSR count). The Balaban J connectivity index is 1.35. The summed E-state index contributed by atoms with van der Waals surface area (Å²) in [6.45, 7) is 3.70. The smallest absolute Gasteiger partial charge is 0.407 e. The van der Waals surface area contributed by atoms with E-state index in [0.717, 1.165) is 22.3 Å². The molecule has 0 saturated carbocycles. The van der Waals surface area contributed by atoms with Gasteiger partial charge in [0.15, 0.2) is 0 Å². The third-order valence-electron chi connectivity index (χ3n) is 7.80. The zero-order valence-electron chi connectivity index (χ0n) is 23.9. The maximum absolute atomic E-state index is 14.0. The zero-order chi connectivity index (χ0) is 30.0. The van der Waals surface area contributed by atoms with Gasteiger partial charge in [-0.1, -0.05) is 62.4 Å². The van der Waals surface area contributed by atoms with Gasteiger partial charge in [0.1, 0.15) is 35.6 Å². The quantitative estimate of drug-likeness (QED) is 0.345. The van der Waals surface area contributed by atoms with Gasteiger partial charge in [-0.15, -0.1) is 11.8 Å². The first-order valence-electron chi connectivity index (χ1n) is 13.7. The Bertz CT molecular complexity index is 1450. The average Bonchev–Trinajstić information content (AvgIpc) is 3.58. The molecule has 220 valence electrons. The number of nitrogens with zero attached hydrogens (tertiary/aromatic N) is 1. The number of ether oxygens (including phenoxy) is 3. The predicted molar refractivity (Wildman–Crippen MR) is 160 cm³/mol. The highest BCUT2D eigenvalue weighted by Gasteiger charge is 2.46. The third kappa shape index (κ3) is 5.51. The lowest BCUT2D eigenvalue weighted by molar-refractivity contribution is -0.150. The van der Waals surface area contributed by atoms with E-state index in [1.165, 1.54) is 30.9 Å². The molecule has 0 bridgehead atoms. The number of carbonyl (C=O) groups is 3. The molecule has 0 aromatic heterocycles. The van der Waals surface area contributed by atoms with Crippen molar-refractivity contribution < 1.29 is 33.7 Å². The second-order valence-corrected chi connectivity index (χ2v) is 11.7. The lowest BCUT2D eigenvalue weighted by Gasteiger charge is -2.33. The van der Waals surface area contributed by atoms with Crippen LogP contribution in [0.3, 0.4) is 0 Å². The largest absolute Gasteiger partial charge is 0.497 e. The van der Waals surface area contributed by atoms with Crippen LogP contribution < -0.4 is 14.8 Å². The SMILES string of the molecule is COc1ccc([C@@H]2SC[C@@H](C(=O)O)N2C(=O)[C@@H](NC(=O)OCC2c3ccccc3-c3ccccc32)C(C)C)c(OC)c1. The van der Waals surface area contributed by atoms with Gasteiger partial charge in [0.05, 0.1) is 14.2 Å². The molecular formula is C32H34N2O7S. The number of thioether (sulfide) groups is 1. The molecule has 1 saturated heterocycles. The maximum atomic E-state index is 14.0. The van der Waals surface area contributed by atoms with E-state index in [-0.39, 0.29) is 24.2 Å². The summed E-state index contributed by atoms with van der Waals surface area (Å²) in [7, 11) is 3.05. The minimum absolute atomic E-state index is 0.0991. The number of hydrogen-bond donors (Lipinski definition) is 2. The molecule has 2 amide bonds. The molecule has 3 aromatic carbocycles. The van der Waals surface area contributed by atoms with Crippen LogP contribution >= 0.6 is 11.8 Å². The summed E-state index contributed by atoms with van der Waals surface area (Å²) in [6.07, 6.45) is -0.735. The number of hydrogen-bond acceptors (Lipinski definition) is 7. The van der Waals surface area contributed by atoms with Crippen molar-refractivity contribution in [3.05, 3.63) is 83.4 Å². The van der Waals surface area contributed by atoms with Crippen LogP contribution in [0.1, 0.15) is 41.8 Å². The summed E-state index contributed by atoms with van der Waals surface area (Å²) >= 11 is 1.33. The highest BCUT2D eigenvalue weighted by atomic mass is 32.2. The van der Waals surface area contributed by atoms with Crippen molar-refractivity contribution in [1.29, 1.82) is 0 Å². The van der Waals surface area contributed by atoms with Crippen LogP contribution in [0.25, 0.3) is 11.1 Å². The van der Waals surface area contributed by atoms with Crippen LogP contribution in [0.5, 0.6) is 11.5 Å². The monoisotopic (exact) mass is 590 g/mol. The molecular weight excluding hydrogens is 556 g/mol. The highest BCUT2D eigenvalue weighted by Crippen LogP contribution is 2.46. The van der Waals surface area contributed by atoms with Crippen molar-refractivity contribution >= 4 is 29.7 Å².